The lowest BCUT2D eigenvalue weighted by Gasteiger charge is -2.05. The van der Waals surface area contributed by atoms with Gasteiger partial charge in [-0.2, -0.15) is 5.10 Å². The van der Waals surface area contributed by atoms with Crippen LogP contribution in [0.25, 0.3) is 5.69 Å². The summed E-state index contributed by atoms with van der Waals surface area (Å²) in [5.41, 5.74) is 3.04. The number of rotatable bonds is 2. The minimum absolute atomic E-state index is 0.199. The van der Waals surface area contributed by atoms with Gasteiger partial charge in [-0.25, -0.2) is 9.48 Å². The van der Waals surface area contributed by atoms with Crippen LogP contribution in [0.5, 0.6) is 0 Å². The van der Waals surface area contributed by atoms with Gasteiger partial charge in [0.15, 0.2) is 5.69 Å². The molecule has 4 nitrogen and oxygen atoms in total. The van der Waals surface area contributed by atoms with Crippen LogP contribution in [0.4, 0.5) is 0 Å². The van der Waals surface area contributed by atoms with Gasteiger partial charge in [0.1, 0.15) is 0 Å². The van der Waals surface area contributed by atoms with Gasteiger partial charge < -0.3 is 5.11 Å². The van der Waals surface area contributed by atoms with Gasteiger partial charge in [0.2, 0.25) is 0 Å². The molecular weight excluding hydrogens is 296 g/mol. The van der Waals surface area contributed by atoms with Crippen LogP contribution in [0.1, 0.15) is 28.2 Å². The van der Waals surface area contributed by atoms with Crippen molar-refractivity contribution in [2.24, 2.45) is 0 Å². The van der Waals surface area contributed by atoms with Gasteiger partial charge in [-0.3, -0.25) is 0 Å². The third-order valence-corrected chi connectivity index (χ3v) is 3.73. The Morgan fingerprint density at radius 1 is 1.28 bits per heavy atom. The highest BCUT2D eigenvalue weighted by molar-refractivity contribution is 9.10. The Balaban J connectivity index is 2.15. The van der Waals surface area contributed by atoms with E-state index in [1.807, 2.05) is 24.3 Å². The van der Waals surface area contributed by atoms with Crippen molar-refractivity contribution in [1.29, 1.82) is 0 Å². The second kappa shape index (κ2) is 4.24. The molecule has 2 aromatic rings. The van der Waals surface area contributed by atoms with Crippen LogP contribution in [0.15, 0.2) is 28.7 Å². The van der Waals surface area contributed by atoms with Crippen molar-refractivity contribution in [3.8, 4) is 5.69 Å². The van der Waals surface area contributed by atoms with Crippen LogP contribution < -0.4 is 0 Å². The lowest BCUT2D eigenvalue weighted by atomic mass is 10.2. The van der Waals surface area contributed by atoms with E-state index in [4.69, 9.17) is 0 Å². The Bertz CT molecular complexity index is 617. The highest BCUT2D eigenvalue weighted by Gasteiger charge is 2.26. The first-order valence-corrected chi connectivity index (χ1v) is 6.56. The van der Waals surface area contributed by atoms with Gasteiger partial charge in [0.05, 0.1) is 5.69 Å². The summed E-state index contributed by atoms with van der Waals surface area (Å²) in [7, 11) is 0. The molecule has 92 valence electrons. The molecule has 1 aromatic carbocycles. The minimum atomic E-state index is -0.941. The van der Waals surface area contributed by atoms with Crippen molar-refractivity contribution in [2.45, 2.75) is 19.3 Å². The van der Waals surface area contributed by atoms with E-state index in [0.29, 0.717) is 0 Å². The number of aromatic nitrogens is 2. The van der Waals surface area contributed by atoms with E-state index in [2.05, 4.69) is 21.0 Å². The molecule has 1 aromatic heterocycles. The predicted molar refractivity (Wildman–Crippen MR) is 70.2 cm³/mol. The minimum Gasteiger partial charge on any atom is -0.476 e. The lowest BCUT2D eigenvalue weighted by Crippen LogP contribution is -2.04. The van der Waals surface area contributed by atoms with Gasteiger partial charge in [-0.1, -0.05) is 15.9 Å². The highest BCUT2D eigenvalue weighted by Crippen LogP contribution is 2.28. The van der Waals surface area contributed by atoms with Crippen molar-refractivity contribution in [1.82, 2.24) is 9.78 Å². The SMILES string of the molecule is O=C(O)c1nn(-c2ccc(Br)cc2)c2c1CCC2. The summed E-state index contributed by atoms with van der Waals surface area (Å²) in [6, 6.07) is 7.72. The lowest BCUT2D eigenvalue weighted by molar-refractivity contribution is 0.0689. The fraction of sp³-hybridized carbons (Fsp3) is 0.231. The van der Waals surface area contributed by atoms with Crippen LogP contribution in [0, 0.1) is 0 Å². The first-order chi connectivity index (χ1) is 8.66. The molecule has 0 fully saturated rings. The average molecular weight is 307 g/mol. The molecule has 0 atom stereocenters. The zero-order chi connectivity index (χ0) is 12.7. The number of carboxylic acid groups (broad SMARTS) is 1. The molecule has 1 N–H and O–H groups in total. The van der Waals surface area contributed by atoms with E-state index in [0.717, 1.165) is 40.7 Å². The first kappa shape index (κ1) is 11.5. The molecule has 18 heavy (non-hydrogen) atoms. The number of nitrogens with zero attached hydrogens (tertiary/aromatic N) is 2. The number of hydrogen-bond acceptors (Lipinski definition) is 2. The maximum absolute atomic E-state index is 11.2. The first-order valence-electron chi connectivity index (χ1n) is 5.77. The summed E-state index contributed by atoms with van der Waals surface area (Å²) in [5.74, 6) is -0.941. The molecule has 1 heterocycles. The normalized spacial score (nSPS) is 13.6. The van der Waals surface area contributed by atoms with E-state index >= 15 is 0 Å². The Morgan fingerprint density at radius 3 is 2.67 bits per heavy atom. The molecule has 0 bridgehead atoms. The average Bonchev–Trinajstić information content (AvgIpc) is 2.91. The predicted octanol–water partition coefficient (Wildman–Crippen LogP) is 2.82. The number of aromatic carboxylic acids is 1. The van der Waals surface area contributed by atoms with Crippen molar-refractivity contribution < 1.29 is 9.90 Å². The second-order valence-corrected chi connectivity index (χ2v) is 5.24. The van der Waals surface area contributed by atoms with E-state index in [-0.39, 0.29) is 5.69 Å². The van der Waals surface area contributed by atoms with E-state index in [1.165, 1.54) is 0 Å². The standard InChI is InChI=1S/C13H11BrN2O2/c14-8-4-6-9(7-5-8)16-11-3-1-2-10(11)12(15-16)13(17)18/h4-7H,1-3H2,(H,17,18). The number of carbonyl (C=O) groups is 1. The van der Waals surface area contributed by atoms with E-state index in [9.17, 15) is 9.90 Å². The zero-order valence-electron chi connectivity index (χ0n) is 9.56. The largest absolute Gasteiger partial charge is 0.476 e. The Labute approximate surface area is 112 Å². The maximum atomic E-state index is 11.2. The molecule has 0 unspecified atom stereocenters. The van der Waals surface area contributed by atoms with Gasteiger partial charge in [-0.15, -0.1) is 0 Å². The summed E-state index contributed by atoms with van der Waals surface area (Å²) < 4.78 is 2.76. The molecule has 0 spiro atoms. The number of benzene rings is 1. The summed E-state index contributed by atoms with van der Waals surface area (Å²) in [5, 5.41) is 13.4. The molecule has 0 amide bonds. The Morgan fingerprint density at radius 2 is 2.00 bits per heavy atom. The number of hydrogen-bond donors (Lipinski definition) is 1. The zero-order valence-corrected chi connectivity index (χ0v) is 11.1. The van der Waals surface area contributed by atoms with Crippen LogP contribution in [-0.2, 0) is 12.8 Å². The Hall–Kier alpha value is -1.62. The molecule has 1 aliphatic rings. The summed E-state index contributed by atoms with van der Waals surface area (Å²) in [4.78, 5) is 11.2. The fourth-order valence-corrected chi connectivity index (χ4v) is 2.67. The van der Waals surface area contributed by atoms with Crippen LogP contribution in [0.2, 0.25) is 0 Å². The van der Waals surface area contributed by atoms with Crippen molar-refractivity contribution >= 4 is 21.9 Å². The maximum Gasteiger partial charge on any atom is 0.356 e. The van der Waals surface area contributed by atoms with Crippen LogP contribution in [-0.4, -0.2) is 20.9 Å². The van der Waals surface area contributed by atoms with Gasteiger partial charge in [0, 0.05) is 15.7 Å². The number of halogens is 1. The Kier molecular flexibility index (Phi) is 2.70. The van der Waals surface area contributed by atoms with E-state index < -0.39 is 5.97 Å². The summed E-state index contributed by atoms with van der Waals surface area (Å²) >= 11 is 3.39. The fourth-order valence-electron chi connectivity index (χ4n) is 2.41. The molecule has 5 heteroatoms. The van der Waals surface area contributed by atoms with E-state index in [1.54, 1.807) is 4.68 Å². The van der Waals surface area contributed by atoms with Gasteiger partial charge in [0.25, 0.3) is 0 Å². The number of fused-ring (bicyclic) bond motifs is 1. The van der Waals surface area contributed by atoms with Crippen LogP contribution in [0.3, 0.4) is 0 Å². The molecule has 0 saturated carbocycles. The quantitative estimate of drug-likeness (QED) is 0.928. The molecule has 0 saturated heterocycles. The molecule has 0 radical (unpaired) electrons. The summed E-state index contributed by atoms with van der Waals surface area (Å²) in [6.45, 7) is 0. The summed E-state index contributed by atoms with van der Waals surface area (Å²) in [6.07, 6.45) is 2.71. The molecule has 3 rings (SSSR count). The van der Waals surface area contributed by atoms with Crippen molar-refractivity contribution in [3.63, 3.8) is 0 Å². The van der Waals surface area contributed by atoms with Gasteiger partial charge in [-0.05, 0) is 43.5 Å². The van der Waals surface area contributed by atoms with Crippen molar-refractivity contribution in [3.05, 3.63) is 45.7 Å². The molecule has 0 aliphatic heterocycles. The second-order valence-electron chi connectivity index (χ2n) is 4.32. The van der Waals surface area contributed by atoms with Gasteiger partial charge >= 0.3 is 5.97 Å². The molecule has 1 aliphatic carbocycles. The number of carboxylic acids is 1. The smallest absolute Gasteiger partial charge is 0.356 e. The van der Waals surface area contributed by atoms with Crippen molar-refractivity contribution in [2.75, 3.05) is 0 Å². The monoisotopic (exact) mass is 306 g/mol. The topological polar surface area (TPSA) is 55.1 Å². The molecular formula is C13H11BrN2O2. The third-order valence-electron chi connectivity index (χ3n) is 3.20. The third kappa shape index (κ3) is 1.75. The van der Waals surface area contributed by atoms with Crippen LogP contribution >= 0.6 is 15.9 Å². The highest BCUT2D eigenvalue weighted by atomic mass is 79.9.